The molecule has 0 atom stereocenters. The van der Waals surface area contributed by atoms with Crippen molar-refractivity contribution in [1.82, 2.24) is 14.5 Å². The summed E-state index contributed by atoms with van der Waals surface area (Å²) in [6.45, 7) is 4.05. The molecule has 0 aliphatic rings. The Labute approximate surface area is 130 Å². The molecule has 112 valence electrons. The van der Waals surface area contributed by atoms with Crippen LogP contribution in [0.4, 0.5) is 0 Å². The molecule has 0 unspecified atom stereocenters. The van der Waals surface area contributed by atoms with Crippen LogP contribution in [-0.4, -0.2) is 14.5 Å². The second-order valence-electron chi connectivity index (χ2n) is 4.89. The average molecular weight is 313 g/mol. The third-order valence-electron chi connectivity index (χ3n) is 3.54. The van der Waals surface area contributed by atoms with Gasteiger partial charge in [0, 0.05) is 23.8 Å². The molecule has 0 saturated heterocycles. The monoisotopic (exact) mass is 313 g/mol. The summed E-state index contributed by atoms with van der Waals surface area (Å²) in [5, 5.41) is 0.595. The molecule has 5 nitrogen and oxygen atoms in total. The third-order valence-corrected chi connectivity index (χ3v) is 4.71. The minimum Gasteiger partial charge on any atom is -0.298 e. The molecule has 0 aliphatic heterocycles. The number of H-pyrrole nitrogens is 1. The quantitative estimate of drug-likeness (QED) is 0.808. The van der Waals surface area contributed by atoms with E-state index in [2.05, 4.69) is 9.97 Å². The normalized spacial score (nSPS) is 11.5. The van der Waals surface area contributed by atoms with Gasteiger partial charge in [0.25, 0.3) is 5.56 Å². The highest BCUT2D eigenvalue weighted by molar-refractivity contribution is 7.19. The summed E-state index contributed by atoms with van der Waals surface area (Å²) in [6.07, 6.45) is 7.39. The molecular weight excluding hydrogens is 298 g/mol. The van der Waals surface area contributed by atoms with Crippen LogP contribution >= 0.6 is 11.3 Å². The van der Waals surface area contributed by atoms with Crippen LogP contribution in [0.5, 0.6) is 0 Å². The van der Waals surface area contributed by atoms with Crippen LogP contribution in [0, 0.1) is 6.92 Å². The highest BCUT2D eigenvalue weighted by atomic mass is 32.1. The van der Waals surface area contributed by atoms with Crippen molar-refractivity contribution in [3.8, 4) is 0 Å². The Hall–Kier alpha value is -2.47. The van der Waals surface area contributed by atoms with Crippen molar-refractivity contribution in [3.63, 3.8) is 0 Å². The zero-order valence-electron chi connectivity index (χ0n) is 12.3. The summed E-state index contributed by atoms with van der Waals surface area (Å²) >= 11 is 1.41. The first-order valence-corrected chi connectivity index (χ1v) is 7.77. The third kappa shape index (κ3) is 2.42. The van der Waals surface area contributed by atoms with Gasteiger partial charge in [-0.05, 0) is 37.1 Å². The standard InChI is InChI=1S/C16H15N3O2S/c1-3-19-15(20)13-10(2)12(22-14(13)18-16(19)21)7-6-11-5-4-8-17-9-11/h4-9H,3H2,1-2H3,(H,18,21)/b7-6+. The van der Waals surface area contributed by atoms with E-state index in [4.69, 9.17) is 0 Å². The van der Waals surface area contributed by atoms with Gasteiger partial charge in [-0.25, -0.2) is 4.79 Å². The number of pyridine rings is 1. The van der Waals surface area contributed by atoms with Gasteiger partial charge < -0.3 is 0 Å². The molecule has 3 heterocycles. The maximum absolute atomic E-state index is 12.4. The molecule has 0 spiro atoms. The predicted octanol–water partition coefficient (Wildman–Crippen LogP) is 2.65. The van der Waals surface area contributed by atoms with Crippen molar-refractivity contribution < 1.29 is 0 Å². The van der Waals surface area contributed by atoms with Crippen LogP contribution in [0.15, 0.2) is 34.1 Å². The second kappa shape index (κ2) is 5.73. The van der Waals surface area contributed by atoms with E-state index < -0.39 is 0 Å². The number of aromatic nitrogens is 3. The Morgan fingerprint density at radius 1 is 1.36 bits per heavy atom. The topological polar surface area (TPSA) is 67.8 Å². The molecule has 0 fully saturated rings. The number of aryl methyl sites for hydroxylation is 1. The van der Waals surface area contributed by atoms with Crippen LogP contribution in [0.2, 0.25) is 0 Å². The number of aromatic amines is 1. The lowest BCUT2D eigenvalue weighted by molar-refractivity contribution is 0.685. The van der Waals surface area contributed by atoms with Crippen LogP contribution in [0.1, 0.15) is 22.9 Å². The Morgan fingerprint density at radius 3 is 2.86 bits per heavy atom. The van der Waals surface area contributed by atoms with E-state index >= 15 is 0 Å². The first-order chi connectivity index (χ1) is 10.6. The minimum absolute atomic E-state index is 0.226. The van der Waals surface area contributed by atoms with Crippen LogP contribution in [0.3, 0.4) is 0 Å². The Morgan fingerprint density at radius 2 is 2.18 bits per heavy atom. The molecule has 6 heteroatoms. The molecule has 0 radical (unpaired) electrons. The lowest BCUT2D eigenvalue weighted by Gasteiger charge is -2.00. The molecule has 0 aliphatic carbocycles. The number of rotatable bonds is 3. The molecule has 3 aromatic heterocycles. The fourth-order valence-electron chi connectivity index (χ4n) is 2.36. The van der Waals surface area contributed by atoms with Crippen molar-refractivity contribution in [2.45, 2.75) is 20.4 Å². The molecular formula is C16H15N3O2S. The maximum Gasteiger partial charge on any atom is 0.329 e. The smallest absolute Gasteiger partial charge is 0.298 e. The molecule has 0 amide bonds. The molecule has 0 saturated carbocycles. The van der Waals surface area contributed by atoms with Crippen molar-refractivity contribution in [3.05, 3.63) is 61.4 Å². The summed E-state index contributed by atoms with van der Waals surface area (Å²) in [4.78, 5) is 32.7. The summed E-state index contributed by atoms with van der Waals surface area (Å²) in [7, 11) is 0. The molecule has 3 rings (SSSR count). The largest absolute Gasteiger partial charge is 0.329 e. The summed E-state index contributed by atoms with van der Waals surface area (Å²) in [5.41, 5.74) is 1.29. The molecule has 0 bridgehead atoms. The van der Waals surface area contributed by atoms with Gasteiger partial charge in [-0.2, -0.15) is 0 Å². The lowest BCUT2D eigenvalue weighted by atomic mass is 10.2. The van der Waals surface area contributed by atoms with E-state index in [0.29, 0.717) is 16.8 Å². The van der Waals surface area contributed by atoms with Gasteiger partial charge in [-0.3, -0.25) is 19.3 Å². The zero-order chi connectivity index (χ0) is 15.7. The van der Waals surface area contributed by atoms with Crippen molar-refractivity contribution >= 4 is 33.7 Å². The summed E-state index contributed by atoms with van der Waals surface area (Å²) in [5.74, 6) is 0. The first kappa shape index (κ1) is 14.5. The molecule has 3 aromatic rings. The van der Waals surface area contributed by atoms with E-state index in [0.717, 1.165) is 16.0 Å². The van der Waals surface area contributed by atoms with E-state index in [9.17, 15) is 9.59 Å². The summed E-state index contributed by atoms with van der Waals surface area (Å²) < 4.78 is 1.22. The van der Waals surface area contributed by atoms with Crippen LogP contribution in [0.25, 0.3) is 22.4 Å². The SMILES string of the molecule is CCn1c(=O)[nH]c2sc(/C=C/c3cccnc3)c(C)c2c1=O. The number of nitrogens with one attached hydrogen (secondary N) is 1. The number of fused-ring (bicyclic) bond motifs is 1. The van der Waals surface area contributed by atoms with E-state index in [1.807, 2.05) is 31.2 Å². The van der Waals surface area contributed by atoms with E-state index in [1.165, 1.54) is 15.9 Å². The van der Waals surface area contributed by atoms with Crippen LogP contribution in [-0.2, 0) is 6.54 Å². The molecule has 1 N–H and O–H groups in total. The second-order valence-corrected chi connectivity index (χ2v) is 5.95. The number of hydrogen-bond donors (Lipinski definition) is 1. The average Bonchev–Trinajstić information content (AvgIpc) is 2.83. The van der Waals surface area contributed by atoms with Gasteiger partial charge in [0.15, 0.2) is 0 Å². The van der Waals surface area contributed by atoms with Gasteiger partial charge in [0.2, 0.25) is 0 Å². The number of hydrogen-bond acceptors (Lipinski definition) is 4. The minimum atomic E-state index is -0.357. The van der Waals surface area contributed by atoms with Gasteiger partial charge in [0.1, 0.15) is 4.83 Å². The highest BCUT2D eigenvalue weighted by Crippen LogP contribution is 2.27. The van der Waals surface area contributed by atoms with Crippen LogP contribution < -0.4 is 11.2 Å². The summed E-state index contributed by atoms with van der Waals surface area (Å²) in [6, 6.07) is 3.83. The van der Waals surface area contributed by atoms with Gasteiger partial charge in [-0.1, -0.05) is 12.1 Å². The Bertz CT molecular complexity index is 965. The van der Waals surface area contributed by atoms with Crippen molar-refractivity contribution in [1.29, 1.82) is 0 Å². The molecule has 22 heavy (non-hydrogen) atoms. The molecule has 0 aromatic carbocycles. The number of thiophene rings is 1. The first-order valence-electron chi connectivity index (χ1n) is 6.96. The van der Waals surface area contributed by atoms with Gasteiger partial charge >= 0.3 is 5.69 Å². The fourth-order valence-corrected chi connectivity index (χ4v) is 3.45. The number of nitrogens with zero attached hydrogens (tertiary/aromatic N) is 2. The van der Waals surface area contributed by atoms with Gasteiger partial charge in [0.05, 0.1) is 5.39 Å². The maximum atomic E-state index is 12.4. The fraction of sp³-hybridized carbons (Fsp3) is 0.188. The van der Waals surface area contributed by atoms with E-state index in [-0.39, 0.29) is 11.2 Å². The highest BCUT2D eigenvalue weighted by Gasteiger charge is 2.13. The van der Waals surface area contributed by atoms with Crippen molar-refractivity contribution in [2.75, 3.05) is 0 Å². The van der Waals surface area contributed by atoms with Gasteiger partial charge in [-0.15, -0.1) is 11.3 Å². The van der Waals surface area contributed by atoms with Crippen molar-refractivity contribution in [2.24, 2.45) is 0 Å². The lowest BCUT2D eigenvalue weighted by Crippen LogP contribution is -2.34. The predicted molar refractivity (Wildman–Crippen MR) is 90.3 cm³/mol. The zero-order valence-corrected chi connectivity index (χ0v) is 13.1. The van der Waals surface area contributed by atoms with E-state index in [1.54, 1.807) is 19.3 Å². The Kier molecular flexibility index (Phi) is 3.77. The Balaban J connectivity index is 2.15.